The lowest BCUT2D eigenvalue weighted by Gasteiger charge is -2.21. The molecule has 0 saturated carbocycles. The van der Waals surface area contributed by atoms with Crippen molar-refractivity contribution >= 4 is 11.6 Å². The highest BCUT2D eigenvalue weighted by atomic mass is 16.2. The van der Waals surface area contributed by atoms with Crippen molar-refractivity contribution in [1.82, 2.24) is 4.90 Å². The highest BCUT2D eigenvalue weighted by Crippen LogP contribution is 2.16. The minimum absolute atomic E-state index is 0.103. The molecule has 1 amide bonds. The summed E-state index contributed by atoms with van der Waals surface area (Å²) in [4.78, 5) is 13.9. The Hall–Kier alpha value is -1.77. The number of amides is 1. The van der Waals surface area contributed by atoms with Crippen molar-refractivity contribution in [3.05, 3.63) is 41.5 Å². The van der Waals surface area contributed by atoms with Gasteiger partial charge in [0.05, 0.1) is 6.54 Å². The average Bonchev–Trinajstić information content (AvgIpc) is 2.36. The van der Waals surface area contributed by atoms with Crippen LogP contribution in [0.25, 0.3) is 0 Å². The first-order valence-corrected chi connectivity index (χ1v) is 6.67. The zero-order chi connectivity index (χ0) is 14.4. The predicted octanol–water partition coefficient (Wildman–Crippen LogP) is 3.14. The number of anilines is 1. The monoisotopic (exact) mass is 260 g/mol. The quantitative estimate of drug-likeness (QED) is 0.797. The summed E-state index contributed by atoms with van der Waals surface area (Å²) in [6, 6.07) is 6.20. The molecule has 0 aliphatic heterocycles. The van der Waals surface area contributed by atoms with Gasteiger partial charge in [-0.25, -0.2) is 0 Å². The number of nitrogens with one attached hydrogen (secondary N) is 1. The molecule has 1 N–H and O–H groups in total. The van der Waals surface area contributed by atoms with Gasteiger partial charge in [0.15, 0.2) is 0 Å². The molecule has 0 spiro atoms. The maximum absolute atomic E-state index is 12.1. The van der Waals surface area contributed by atoms with Crippen molar-refractivity contribution in [3.8, 4) is 0 Å². The summed E-state index contributed by atoms with van der Waals surface area (Å²) in [6.45, 7) is 13.5. The van der Waals surface area contributed by atoms with E-state index in [2.05, 4.69) is 30.1 Å². The molecule has 0 unspecified atom stereocenters. The molecular weight excluding hydrogens is 236 g/mol. The summed E-state index contributed by atoms with van der Waals surface area (Å²) < 4.78 is 0. The largest absolute Gasteiger partial charge is 0.376 e. The summed E-state index contributed by atoms with van der Waals surface area (Å²) in [6.07, 6.45) is 0. The van der Waals surface area contributed by atoms with Crippen LogP contribution in [-0.2, 0) is 4.79 Å². The van der Waals surface area contributed by atoms with Crippen LogP contribution >= 0.6 is 0 Å². The smallest absolute Gasteiger partial charge is 0.242 e. The SMILES string of the molecule is C=C(C)CN(CC)C(=O)CNc1cc(C)ccc1C. The summed E-state index contributed by atoms with van der Waals surface area (Å²) in [5.41, 5.74) is 4.37. The number of benzene rings is 1. The van der Waals surface area contributed by atoms with Crippen LogP contribution in [0.1, 0.15) is 25.0 Å². The van der Waals surface area contributed by atoms with Crippen molar-refractivity contribution < 1.29 is 4.79 Å². The van der Waals surface area contributed by atoms with Gasteiger partial charge in [-0.3, -0.25) is 4.79 Å². The highest BCUT2D eigenvalue weighted by Gasteiger charge is 2.11. The summed E-state index contributed by atoms with van der Waals surface area (Å²) >= 11 is 0. The fourth-order valence-electron chi connectivity index (χ4n) is 1.91. The number of carbonyl (C=O) groups is 1. The normalized spacial score (nSPS) is 10.1. The topological polar surface area (TPSA) is 32.3 Å². The maximum atomic E-state index is 12.1. The number of hydrogen-bond donors (Lipinski definition) is 1. The van der Waals surface area contributed by atoms with E-state index in [0.717, 1.165) is 16.8 Å². The molecule has 0 saturated heterocycles. The molecule has 1 rings (SSSR count). The number of likely N-dealkylation sites (N-methyl/N-ethyl adjacent to an activating group) is 1. The summed E-state index contributed by atoms with van der Waals surface area (Å²) in [5.74, 6) is 0.103. The zero-order valence-corrected chi connectivity index (χ0v) is 12.4. The van der Waals surface area contributed by atoms with Gasteiger partial charge in [0.2, 0.25) is 5.91 Å². The van der Waals surface area contributed by atoms with Crippen molar-refractivity contribution in [3.63, 3.8) is 0 Å². The maximum Gasteiger partial charge on any atom is 0.242 e. The van der Waals surface area contributed by atoms with Gasteiger partial charge in [0.1, 0.15) is 0 Å². The van der Waals surface area contributed by atoms with E-state index in [-0.39, 0.29) is 5.91 Å². The minimum Gasteiger partial charge on any atom is -0.376 e. The third-order valence-corrected chi connectivity index (χ3v) is 3.02. The molecule has 3 heteroatoms. The van der Waals surface area contributed by atoms with Crippen LogP contribution in [0.2, 0.25) is 0 Å². The van der Waals surface area contributed by atoms with Gasteiger partial charge >= 0.3 is 0 Å². The van der Waals surface area contributed by atoms with E-state index in [4.69, 9.17) is 0 Å². The molecule has 0 aliphatic carbocycles. The second kappa shape index (κ2) is 6.98. The lowest BCUT2D eigenvalue weighted by molar-refractivity contribution is -0.128. The Labute approximate surface area is 116 Å². The number of nitrogens with zero attached hydrogens (tertiary/aromatic N) is 1. The molecule has 0 aromatic heterocycles. The van der Waals surface area contributed by atoms with E-state index < -0.39 is 0 Å². The molecule has 0 aliphatic rings. The van der Waals surface area contributed by atoms with Crippen LogP contribution in [0.3, 0.4) is 0 Å². The third-order valence-electron chi connectivity index (χ3n) is 3.02. The van der Waals surface area contributed by atoms with Crippen LogP contribution in [-0.4, -0.2) is 30.4 Å². The molecule has 1 aromatic rings. The van der Waals surface area contributed by atoms with Crippen LogP contribution in [0, 0.1) is 13.8 Å². The fourth-order valence-corrected chi connectivity index (χ4v) is 1.91. The van der Waals surface area contributed by atoms with Crippen LogP contribution in [0.4, 0.5) is 5.69 Å². The molecule has 19 heavy (non-hydrogen) atoms. The highest BCUT2D eigenvalue weighted by molar-refractivity contribution is 5.81. The number of rotatable bonds is 6. The van der Waals surface area contributed by atoms with E-state index in [9.17, 15) is 4.79 Å². The Bertz CT molecular complexity index is 466. The number of aryl methyl sites for hydroxylation is 2. The third kappa shape index (κ3) is 4.78. The first-order chi connectivity index (χ1) is 8.93. The first-order valence-electron chi connectivity index (χ1n) is 6.67. The second-order valence-electron chi connectivity index (χ2n) is 5.04. The first kappa shape index (κ1) is 15.3. The minimum atomic E-state index is 0.103. The van der Waals surface area contributed by atoms with Crippen LogP contribution < -0.4 is 5.32 Å². The van der Waals surface area contributed by atoms with Crippen LogP contribution in [0.15, 0.2) is 30.4 Å². The Morgan fingerprint density at radius 1 is 1.37 bits per heavy atom. The van der Waals surface area contributed by atoms with Crippen molar-refractivity contribution in [2.45, 2.75) is 27.7 Å². The summed E-state index contributed by atoms with van der Waals surface area (Å²) in [7, 11) is 0. The predicted molar refractivity (Wildman–Crippen MR) is 81.5 cm³/mol. The van der Waals surface area contributed by atoms with Crippen molar-refractivity contribution in [1.29, 1.82) is 0 Å². The molecule has 0 heterocycles. The van der Waals surface area contributed by atoms with Crippen molar-refractivity contribution in [2.75, 3.05) is 25.0 Å². The lowest BCUT2D eigenvalue weighted by Crippen LogP contribution is -2.36. The zero-order valence-electron chi connectivity index (χ0n) is 12.4. The molecular formula is C16H24N2O. The lowest BCUT2D eigenvalue weighted by atomic mass is 10.1. The fraction of sp³-hybridized carbons (Fsp3) is 0.438. The molecule has 0 bridgehead atoms. The van der Waals surface area contributed by atoms with E-state index >= 15 is 0 Å². The van der Waals surface area contributed by atoms with Crippen LogP contribution in [0.5, 0.6) is 0 Å². The molecule has 104 valence electrons. The van der Waals surface area contributed by atoms with Gasteiger partial charge in [-0.05, 0) is 44.9 Å². The Kier molecular flexibility index (Phi) is 5.61. The van der Waals surface area contributed by atoms with Gasteiger partial charge in [-0.15, -0.1) is 0 Å². The van der Waals surface area contributed by atoms with E-state index in [0.29, 0.717) is 19.6 Å². The Balaban J connectivity index is 2.62. The van der Waals surface area contributed by atoms with Gasteiger partial charge in [-0.1, -0.05) is 24.3 Å². The molecule has 3 nitrogen and oxygen atoms in total. The molecule has 0 atom stereocenters. The molecule has 0 radical (unpaired) electrons. The van der Waals surface area contributed by atoms with E-state index in [1.54, 1.807) is 4.90 Å². The van der Waals surface area contributed by atoms with Gasteiger partial charge in [0.25, 0.3) is 0 Å². The van der Waals surface area contributed by atoms with Gasteiger partial charge < -0.3 is 10.2 Å². The average molecular weight is 260 g/mol. The number of carbonyl (C=O) groups excluding carboxylic acids is 1. The number of hydrogen-bond acceptors (Lipinski definition) is 2. The standard InChI is InChI=1S/C16H24N2O/c1-6-18(11-12(2)3)16(19)10-17-15-9-13(4)7-8-14(15)5/h7-9,17H,2,6,10-11H2,1,3-5H3. The van der Waals surface area contributed by atoms with E-state index in [1.807, 2.05) is 27.7 Å². The molecule has 0 fully saturated rings. The van der Waals surface area contributed by atoms with E-state index in [1.165, 1.54) is 5.56 Å². The van der Waals surface area contributed by atoms with Gasteiger partial charge in [0, 0.05) is 18.8 Å². The molecule has 1 aromatic carbocycles. The van der Waals surface area contributed by atoms with Crippen molar-refractivity contribution in [2.24, 2.45) is 0 Å². The Morgan fingerprint density at radius 2 is 2.05 bits per heavy atom. The summed E-state index contributed by atoms with van der Waals surface area (Å²) in [5, 5.41) is 3.22. The second-order valence-corrected chi connectivity index (χ2v) is 5.04. The van der Waals surface area contributed by atoms with Gasteiger partial charge in [-0.2, -0.15) is 0 Å². The Morgan fingerprint density at radius 3 is 2.63 bits per heavy atom.